The van der Waals surface area contributed by atoms with Crippen molar-refractivity contribution in [3.05, 3.63) is 87.2 Å². The van der Waals surface area contributed by atoms with E-state index in [1.54, 1.807) is 25.1 Å². The SMILES string of the molecule is Cc1nn(-c2cccc(Cl)c2)c(Cl)c1/C=C(/C#N)C(=O)NCCc1ccccc1. The fraction of sp³-hybridized carbons (Fsp3) is 0.136. The van der Waals surface area contributed by atoms with Crippen molar-refractivity contribution < 1.29 is 4.79 Å². The molecule has 0 saturated carbocycles. The zero-order chi connectivity index (χ0) is 20.8. The standard InChI is InChI=1S/C22H18Cl2N4O/c1-15-20(21(24)28(27-15)19-9-5-8-18(23)13-19)12-17(14-25)22(29)26-11-10-16-6-3-2-4-7-16/h2-9,12-13H,10-11H2,1H3,(H,26,29)/b17-12-. The maximum atomic E-state index is 12.4. The first-order chi connectivity index (χ1) is 14.0. The van der Waals surface area contributed by atoms with E-state index in [0.29, 0.717) is 40.1 Å². The Bertz CT molecular complexity index is 1100. The lowest BCUT2D eigenvalue weighted by Gasteiger charge is -2.05. The van der Waals surface area contributed by atoms with Crippen molar-refractivity contribution in [2.45, 2.75) is 13.3 Å². The van der Waals surface area contributed by atoms with Crippen molar-refractivity contribution >= 4 is 35.2 Å². The molecule has 146 valence electrons. The number of hydrogen-bond acceptors (Lipinski definition) is 3. The number of nitriles is 1. The van der Waals surface area contributed by atoms with Gasteiger partial charge in [0.25, 0.3) is 5.91 Å². The van der Waals surface area contributed by atoms with Gasteiger partial charge in [-0.3, -0.25) is 4.79 Å². The number of amides is 1. The van der Waals surface area contributed by atoms with Gasteiger partial charge in [0.15, 0.2) is 0 Å². The highest BCUT2D eigenvalue weighted by Gasteiger charge is 2.16. The molecular weight excluding hydrogens is 407 g/mol. The van der Waals surface area contributed by atoms with Crippen LogP contribution in [0.4, 0.5) is 0 Å². The molecule has 1 aromatic heterocycles. The van der Waals surface area contributed by atoms with Crippen LogP contribution < -0.4 is 5.32 Å². The van der Waals surface area contributed by atoms with Gasteiger partial charge in [-0.25, -0.2) is 4.68 Å². The van der Waals surface area contributed by atoms with E-state index in [4.69, 9.17) is 23.2 Å². The number of rotatable bonds is 6. The highest BCUT2D eigenvalue weighted by atomic mass is 35.5. The van der Waals surface area contributed by atoms with Gasteiger partial charge in [0.1, 0.15) is 16.8 Å². The number of aryl methyl sites for hydroxylation is 1. The molecule has 0 aliphatic carbocycles. The van der Waals surface area contributed by atoms with E-state index < -0.39 is 5.91 Å². The Labute approximate surface area is 179 Å². The summed E-state index contributed by atoms with van der Waals surface area (Å²) in [6.45, 7) is 2.19. The second-order valence-electron chi connectivity index (χ2n) is 6.34. The van der Waals surface area contributed by atoms with Crippen LogP contribution in [0.25, 0.3) is 11.8 Å². The lowest BCUT2D eigenvalue weighted by atomic mass is 10.1. The summed E-state index contributed by atoms with van der Waals surface area (Å²) in [5.74, 6) is -0.450. The largest absolute Gasteiger partial charge is 0.351 e. The third kappa shape index (κ3) is 5.05. The lowest BCUT2D eigenvalue weighted by molar-refractivity contribution is -0.117. The average molecular weight is 425 g/mol. The summed E-state index contributed by atoms with van der Waals surface area (Å²) in [6, 6.07) is 18.8. The first-order valence-corrected chi connectivity index (χ1v) is 9.70. The molecule has 7 heteroatoms. The maximum Gasteiger partial charge on any atom is 0.261 e. The van der Waals surface area contributed by atoms with Crippen LogP contribution in [0.1, 0.15) is 16.8 Å². The second-order valence-corrected chi connectivity index (χ2v) is 7.14. The monoisotopic (exact) mass is 424 g/mol. The van der Waals surface area contributed by atoms with E-state index in [2.05, 4.69) is 10.4 Å². The molecule has 3 rings (SSSR count). The molecule has 0 aliphatic heterocycles. The summed E-state index contributed by atoms with van der Waals surface area (Å²) in [5.41, 5.74) is 2.88. The van der Waals surface area contributed by atoms with Crippen LogP contribution in [0.15, 0.2) is 60.2 Å². The molecule has 1 amide bonds. The van der Waals surface area contributed by atoms with E-state index in [-0.39, 0.29) is 5.57 Å². The van der Waals surface area contributed by atoms with Crippen molar-refractivity contribution in [3.8, 4) is 11.8 Å². The van der Waals surface area contributed by atoms with Gasteiger partial charge < -0.3 is 5.32 Å². The number of hydrogen-bond donors (Lipinski definition) is 1. The average Bonchev–Trinajstić information content (AvgIpc) is 3.00. The zero-order valence-electron chi connectivity index (χ0n) is 15.7. The zero-order valence-corrected chi connectivity index (χ0v) is 17.2. The molecule has 0 atom stereocenters. The van der Waals surface area contributed by atoms with E-state index in [9.17, 15) is 10.1 Å². The predicted molar refractivity (Wildman–Crippen MR) is 115 cm³/mol. The summed E-state index contributed by atoms with van der Waals surface area (Å²) < 4.78 is 1.52. The summed E-state index contributed by atoms with van der Waals surface area (Å²) in [7, 11) is 0. The van der Waals surface area contributed by atoms with Gasteiger partial charge in [0.05, 0.1) is 11.4 Å². The normalized spacial score (nSPS) is 11.2. The molecule has 0 fully saturated rings. The number of carbonyl (C=O) groups excluding carboxylic acids is 1. The third-order valence-electron chi connectivity index (χ3n) is 4.30. The van der Waals surface area contributed by atoms with Crippen molar-refractivity contribution in [1.82, 2.24) is 15.1 Å². The van der Waals surface area contributed by atoms with Crippen LogP contribution in [0.5, 0.6) is 0 Å². The summed E-state index contributed by atoms with van der Waals surface area (Å²) in [4.78, 5) is 12.4. The summed E-state index contributed by atoms with van der Waals surface area (Å²) in [6.07, 6.45) is 2.14. The van der Waals surface area contributed by atoms with Crippen LogP contribution in [-0.2, 0) is 11.2 Å². The summed E-state index contributed by atoms with van der Waals surface area (Å²) >= 11 is 12.5. The third-order valence-corrected chi connectivity index (χ3v) is 4.90. The van der Waals surface area contributed by atoms with Crippen molar-refractivity contribution in [1.29, 1.82) is 5.26 Å². The summed E-state index contributed by atoms with van der Waals surface area (Å²) in [5, 5.41) is 17.5. The molecule has 0 bridgehead atoms. The number of benzene rings is 2. The number of nitrogens with zero attached hydrogens (tertiary/aromatic N) is 3. The van der Waals surface area contributed by atoms with E-state index in [1.165, 1.54) is 10.8 Å². The fourth-order valence-electron chi connectivity index (χ4n) is 2.81. The predicted octanol–water partition coefficient (Wildman–Crippen LogP) is 4.75. The minimum atomic E-state index is -0.450. The first kappa shape index (κ1) is 20.7. The minimum absolute atomic E-state index is 0.0336. The van der Waals surface area contributed by atoms with E-state index in [1.807, 2.05) is 42.5 Å². The highest BCUT2D eigenvalue weighted by molar-refractivity contribution is 6.32. The Morgan fingerprint density at radius 3 is 2.66 bits per heavy atom. The topological polar surface area (TPSA) is 70.7 Å². The van der Waals surface area contributed by atoms with Crippen LogP contribution in [0.2, 0.25) is 10.2 Å². The molecule has 5 nitrogen and oxygen atoms in total. The van der Waals surface area contributed by atoms with Crippen molar-refractivity contribution in [2.24, 2.45) is 0 Å². The molecule has 0 saturated heterocycles. The molecule has 1 heterocycles. The van der Waals surface area contributed by atoms with Crippen LogP contribution >= 0.6 is 23.2 Å². The minimum Gasteiger partial charge on any atom is -0.351 e. The van der Waals surface area contributed by atoms with Gasteiger partial charge >= 0.3 is 0 Å². The molecule has 0 unspecified atom stereocenters. The molecular formula is C22H18Cl2N4O. The molecule has 1 N–H and O–H groups in total. The molecule has 0 radical (unpaired) electrons. The van der Waals surface area contributed by atoms with Crippen LogP contribution in [-0.4, -0.2) is 22.2 Å². The van der Waals surface area contributed by atoms with Crippen LogP contribution in [0.3, 0.4) is 0 Å². The Morgan fingerprint density at radius 1 is 1.21 bits per heavy atom. The Hall–Kier alpha value is -3.07. The van der Waals surface area contributed by atoms with Gasteiger partial charge in [0.2, 0.25) is 0 Å². The van der Waals surface area contributed by atoms with E-state index in [0.717, 1.165) is 5.56 Å². The fourth-order valence-corrected chi connectivity index (χ4v) is 3.32. The van der Waals surface area contributed by atoms with Crippen molar-refractivity contribution in [2.75, 3.05) is 6.54 Å². The lowest BCUT2D eigenvalue weighted by Crippen LogP contribution is -2.26. The Balaban J connectivity index is 1.78. The molecule has 2 aromatic carbocycles. The van der Waals surface area contributed by atoms with Gasteiger partial charge in [-0.1, -0.05) is 59.6 Å². The molecule has 0 spiro atoms. The van der Waals surface area contributed by atoms with Gasteiger partial charge in [-0.05, 0) is 43.2 Å². The molecule has 29 heavy (non-hydrogen) atoms. The smallest absolute Gasteiger partial charge is 0.261 e. The number of nitrogens with one attached hydrogen (secondary N) is 1. The van der Waals surface area contributed by atoms with Crippen LogP contribution in [0, 0.1) is 18.3 Å². The second kappa shape index (κ2) is 9.42. The van der Waals surface area contributed by atoms with Crippen molar-refractivity contribution in [3.63, 3.8) is 0 Å². The molecule has 0 aliphatic rings. The van der Waals surface area contributed by atoms with Gasteiger partial charge in [0, 0.05) is 17.1 Å². The molecule has 3 aromatic rings. The van der Waals surface area contributed by atoms with E-state index >= 15 is 0 Å². The number of carbonyl (C=O) groups is 1. The quantitative estimate of drug-likeness (QED) is 0.458. The first-order valence-electron chi connectivity index (χ1n) is 8.94. The number of halogens is 2. The Morgan fingerprint density at radius 2 is 1.97 bits per heavy atom. The van der Waals surface area contributed by atoms with Gasteiger partial charge in [-0.2, -0.15) is 10.4 Å². The highest BCUT2D eigenvalue weighted by Crippen LogP contribution is 2.26. The number of aromatic nitrogens is 2. The Kier molecular flexibility index (Phi) is 6.71. The van der Waals surface area contributed by atoms with Gasteiger partial charge in [-0.15, -0.1) is 0 Å². The maximum absolute atomic E-state index is 12.4.